The van der Waals surface area contributed by atoms with Gasteiger partial charge < -0.3 is 10.6 Å². The summed E-state index contributed by atoms with van der Waals surface area (Å²) in [5.41, 5.74) is 0.0971. The first-order valence-electron chi connectivity index (χ1n) is 4.86. The van der Waals surface area contributed by atoms with E-state index in [1.807, 2.05) is 6.92 Å². The Kier molecular flexibility index (Phi) is 4.07. The normalized spacial score (nSPS) is 16.4. The van der Waals surface area contributed by atoms with E-state index in [-0.39, 0.29) is 12.1 Å². The highest BCUT2D eigenvalue weighted by molar-refractivity contribution is 5.29. The van der Waals surface area contributed by atoms with Crippen LogP contribution in [0.1, 0.15) is 13.3 Å². The number of hydrogen-bond donors (Lipinski definition) is 2. The van der Waals surface area contributed by atoms with Crippen LogP contribution in [0, 0.1) is 0 Å². The summed E-state index contributed by atoms with van der Waals surface area (Å²) in [6.07, 6.45) is 5.38. The summed E-state index contributed by atoms with van der Waals surface area (Å²) in [5, 5.41) is 5.57. The Balaban J connectivity index is 2.46. The van der Waals surface area contributed by atoms with Crippen LogP contribution in [0.2, 0.25) is 0 Å². The molecule has 1 aliphatic heterocycles. The van der Waals surface area contributed by atoms with Crippen LogP contribution >= 0.6 is 0 Å². The second kappa shape index (κ2) is 5.10. The summed E-state index contributed by atoms with van der Waals surface area (Å²) in [7, 11) is 0. The van der Waals surface area contributed by atoms with Crippen molar-refractivity contribution in [2.45, 2.75) is 19.3 Å². The van der Waals surface area contributed by atoms with Gasteiger partial charge in [-0.2, -0.15) is 8.78 Å². The third kappa shape index (κ3) is 3.10. The predicted molar refractivity (Wildman–Crippen MR) is 53.3 cm³/mol. The van der Waals surface area contributed by atoms with Gasteiger partial charge in [-0.15, -0.1) is 0 Å². The van der Waals surface area contributed by atoms with Crippen LogP contribution in [-0.2, 0) is 0 Å². The van der Waals surface area contributed by atoms with Crippen LogP contribution in [-0.4, -0.2) is 25.6 Å². The molecule has 0 aliphatic carbocycles. The molecule has 0 radical (unpaired) electrons. The van der Waals surface area contributed by atoms with E-state index in [1.165, 1.54) is 12.2 Å². The van der Waals surface area contributed by atoms with E-state index in [9.17, 15) is 8.78 Å². The lowest BCUT2D eigenvalue weighted by atomic mass is 10.1. The average Bonchev–Trinajstić information content (AvgIpc) is 2.19. The van der Waals surface area contributed by atoms with Gasteiger partial charge in [0.25, 0.3) is 5.92 Å². The predicted octanol–water partition coefficient (Wildman–Crippen LogP) is 1.66. The fraction of sp³-hybridized carbons (Fsp3) is 0.600. The standard InChI is InChI=1S/C10H16F2N2/c1-2-5-14-8-10(11,12)9-3-6-13-7-4-9/h3-4,6,13-14H,2,5,7-8H2,1H3. The first kappa shape index (κ1) is 11.2. The molecule has 1 aliphatic rings. The molecule has 0 fully saturated rings. The molecule has 0 saturated carbocycles. The van der Waals surface area contributed by atoms with Crippen LogP contribution in [0.3, 0.4) is 0 Å². The molecule has 0 amide bonds. The van der Waals surface area contributed by atoms with E-state index in [1.54, 1.807) is 6.20 Å². The number of rotatable bonds is 5. The SMILES string of the molecule is CCCNCC(F)(F)C1=CCNC=C1. The smallest absolute Gasteiger partial charge is 0.285 e. The molecule has 0 spiro atoms. The highest BCUT2D eigenvalue weighted by Crippen LogP contribution is 2.24. The Hall–Kier alpha value is -0.900. The van der Waals surface area contributed by atoms with Gasteiger partial charge in [0.15, 0.2) is 0 Å². The highest BCUT2D eigenvalue weighted by Gasteiger charge is 2.32. The van der Waals surface area contributed by atoms with Crippen molar-refractivity contribution in [3.8, 4) is 0 Å². The number of allylic oxidation sites excluding steroid dienone is 1. The summed E-state index contributed by atoms with van der Waals surface area (Å²) in [6.45, 7) is 2.78. The maximum Gasteiger partial charge on any atom is 0.285 e. The molecule has 0 bridgehead atoms. The molecule has 0 atom stereocenters. The van der Waals surface area contributed by atoms with Gasteiger partial charge in [0, 0.05) is 12.1 Å². The molecule has 4 heteroatoms. The summed E-state index contributed by atoms with van der Waals surface area (Å²) in [4.78, 5) is 0. The van der Waals surface area contributed by atoms with Crippen LogP contribution in [0.5, 0.6) is 0 Å². The third-order valence-electron chi connectivity index (χ3n) is 2.02. The van der Waals surface area contributed by atoms with Gasteiger partial charge in [-0.25, -0.2) is 0 Å². The molecular formula is C10H16F2N2. The Morgan fingerprint density at radius 2 is 2.36 bits per heavy atom. The Morgan fingerprint density at radius 3 is 2.93 bits per heavy atom. The minimum absolute atomic E-state index is 0.0971. The summed E-state index contributed by atoms with van der Waals surface area (Å²) in [5.74, 6) is -2.76. The van der Waals surface area contributed by atoms with Gasteiger partial charge >= 0.3 is 0 Å². The lowest BCUT2D eigenvalue weighted by molar-refractivity contribution is 0.0454. The van der Waals surface area contributed by atoms with Crippen LogP contribution in [0.15, 0.2) is 23.9 Å². The molecule has 2 nitrogen and oxygen atoms in total. The van der Waals surface area contributed by atoms with E-state index in [0.29, 0.717) is 13.1 Å². The average molecular weight is 202 g/mol. The Labute approximate surface area is 83.1 Å². The van der Waals surface area contributed by atoms with E-state index in [4.69, 9.17) is 0 Å². The molecule has 2 N–H and O–H groups in total. The van der Waals surface area contributed by atoms with E-state index < -0.39 is 5.92 Å². The molecule has 0 aromatic heterocycles. The Morgan fingerprint density at radius 1 is 1.57 bits per heavy atom. The number of dihydropyridines is 1. The van der Waals surface area contributed by atoms with E-state index in [0.717, 1.165) is 6.42 Å². The van der Waals surface area contributed by atoms with Gasteiger partial charge in [-0.3, -0.25) is 0 Å². The number of halogens is 2. The van der Waals surface area contributed by atoms with Crippen molar-refractivity contribution < 1.29 is 8.78 Å². The van der Waals surface area contributed by atoms with Crippen molar-refractivity contribution in [2.24, 2.45) is 0 Å². The first-order valence-corrected chi connectivity index (χ1v) is 4.86. The number of nitrogens with one attached hydrogen (secondary N) is 2. The topological polar surface area (TPSA) is 24.1 Å². The molecule has 0 aromatic carbocycles. The second-order valence-electron chi connectivity index (χ2n) is 3.28. The van der Waals surface area contributed by atoms with Crippen molar-refractivity contribution in [2.75, 3.05) is 19.6 Å². The monoisotopic (exact) mass is 202 g/mol. The number of alkyl halides is 2. The zero-order valence-electron chi connectivity index (χ0n) is 8.32. The minimum atomic E-state index is -2.76. The summed E-state index contributed by atoms with van der Waals surface area (Å²) >= 11 is 0. The maximum atomic E-state index is 13.4. The molecule has 1 rings (SSSR count). The van der Waals surface area contributed by atoms with Crippen molar-refractivity contribution in [3.63, 3.8) is 0 Å². The minimum Gasteiger partial charge on any atom is -0.387 e. The Bertz CT molecular complexity index is 234. The maximum absolute atomic E-state index is 13.4. The van der Waals surface area contributed by atoms with Gasteiger partial charge in [0.1, 0.15) is 0 Å². The molecule has 0 unspecified atom stereocenters. The van der Waals surface area contributed by atoms with E-state index in [2.05, 4.69) is 10.6 Å². The molecular weight excluding hydrogens is 186 g/mol. The lowest BCUT2D eigenvalue weighted by Crippen LogP contribution is -2.35. The third-order valence-corrected chi connectivity index (χ3v) is 2.02. The molecule has 0 saturated heterocycles. The van der Waals surface area contributed by atoms with Gasteiger partial charge in [0.2, 0.25) is 0 Å². The molecule has 14 heavy (non-hydrogen) atoms. The zero-order valence-corrected chi connectivity index (χ0v) is 8.32. The van der Waals surface area contributed by atoms with Crippen molar-refractivity contribution >= 4 is 0 Å². The second-order valence-corrected chi connectivity index (χ2v) is 3.28. The quantitative estimate of drug-likeness (QED) is 0.663. The van der Waals surface area contributed by atoms with Gasteiger partial charge in [0.05, 0.1) is 6.54 Å². The van der Waals surface area contributed by atoms with Crippen LogP contribution < -0.4 is 10.6 Å². The zero-order chi connectivity index (χ0) is 10.4. The van der Waals surface area contributed by atoms with Gasteiger partial charge in [-0.1, -0.05) is 13.0 Å². The van der Waals surface area contributed by atoms with E-state index >= 15 is 0 Å². The fourth-order valence-electron chi connectivity index (χ4n) is 1.25. The number of hydrogen-bond acceptors (Lipinski definition) is 2. The van der Waals surface area contributed by atoms with Crippen LogP contribution in [0.4, 0.5) is 8.78 Å². The molecule has 0 aromatic rings. The van der Waals surface area contributed by atoms with Crippen molar-refractivity contribution in [1.82, 2.24) is 10.6 Å². The largest absolute Gasteiger partial charge is 0.387 e. The highest BCUT2D eigenvalue weighted by atomic mass is 19.3. The summed E-state index contributed by atoms with van der Waals surface area (Å²) < 4.78 is 26.8. The lowest BCUT2D eigenvalue weighted by Gasteiger charge is -2.20. The van der Waals surface area contributed by atoms with Crippen LogP contribution in [0.25, 0.3) is 0 Å². The first-order chi connectivity index (χ1) is 6.67. The summed E-state index contributed by atoms with van der Waals surface area (Å²) in [6, 6.07) is 0. The molecule has 80 valence electrons. The van der Waals surface area contributed by atoms with Gasteiger partial charge in [-0.05, 0) is 25.2 Å². The van der Waals surface area contributed by atoms with Crippen molar-refractivity contribution in [3.05, 3.63) is 23.9 Å². The van der Waals surface area contributed by atoms with Crippen molar-refractivity contribution in [1.29, 1.82) is 0 Å². The molecule has 1 heterocycles. The fourth-order valence-corrected chi connectivity index (χ4v) is 1.25.